The number of carbonyl (C=O) groups is 3. The minimum Gasteiger partial charge on any atom is -1.00 e. The molecule has 18 heteroatoms. The van der Waals surface area contributed by atoms with Crippen molar-refractivity contribution in [1.82, 2.24) is 30.4 Å². The summed E-state index contributed by atoms with van der Waals surface area (Å²) in [5, 5.41) is 32.4. The fraction of sp³-hybridized carbons (Fsp3) is 0.333. The van der Waals surface area contributed by atoms with Gasteiger partial charge in [-0.2, -0.15) is 8.42 Å². The van der Waals surface area contributed by atoms with Gasteiger partial charge in [0.05, 0.1) is 0 Å². The molecule has 0 saturated carbocycles. The molecule has 0 bridgehead atoms. The number of aliphatic hydroxyl groups excluding tert-OH is 1. The summed E-state index contributed by atoms with van der Waals surface area (Å²) in [5.74, 6) is -3.39. The number of β-lactam (4-membered cyclic amide) rings is 1. The van der Waals surface area contributed by atoms with E-state index in [9.17, 15) is 33.0 Å². The summed E-state index contributed by atoms with van der Waals surface area (Å²) in [7, 11) is -4.40. The van der Waals surface area contributed by atoms with E-state index in [4.69, 9.17) is 4.55 Å². The normalized spacial score (nSPS) is 20.2. The number of carbonyl (C=O) groups excluding carboxylic acids is 2. The van der Waals surface area contributed by atoms with Crippen LogP contribution in [0.4, 0.5) is 0 Å². The van der Waals surface area contributed by atoms with Crippen LogP contribution in [0.5, 0.6) is 0 Å². The van der Waals surface area contributed by atoms with Crippen molar-refractivity contribution in [3.05, 3.63) is 47.2 Å². The first kappa shape index (κ1) is 29.2. The first-order valence-corrected chi connectivity index (χ1v) is 13.5. The number of nitrogens with zero attached hydrogens (tertiary/aromatic N) is 5. The first-order chi connectivity index (χ1) is 16.6. The monoisotopic (exact) mass is 582 g/mol. The first-order valence-electron chi connectivity index (χ1n) is 9.84. The van der Waals surface area contributed by atoms with Gasteiger partial charge in [-0.25, -0.2) is 9.48 Å². The Morgan fingerprint density at radius 3 is 2.64 bits per heavy atom. The van der Waals surface area contributed by atoms with Crippen molar-refractivity contribution >= 4 is 51.4 Å². The number of thioether (sulfide) groups is 2. The second-order valence-electron chi connectivity index (χ2n) is 7.43. The summed E-state index contributed by atoms with van der Waals surface area (Å²) in [4.78, 5) is 38.3. The van der Waals surface area contributed by atoms with Crippen molar-refractivity contribution in [2.24, 2.45) is 0 Å². The van der Waals surface area contributed by atoms with Gasteiger partial charge in [-0.3, -0.25) is 19.0 Å². The second-order valence-corrected chi connectivity index (χ2v) is 10.9. The number of hydrogen-bond acceptors (Lipinski definition) is 11. The minimum atomic E-state index is -4.40. The van der Waals surface area contributed by atoms with Crippen LogP contribution in [0.2, 0.25) is 0 Å². The van der Waals surface area contributed by atoms with E-state index >= 15 is 0 Å². The number of fused-ring (bicyclic) bond motifs is 1. The largest absolute Gasteiger partial charge is 1.00 e. The van der Waals surface area contributed by atoms with Crippen LogP contribution >= 0.6 is 23.5 Å². The third-order valence-electron chi connectivity index (χ3n) is 5.07. The van der Waals surface area contributed by atoms with Gasteiger partial charge < -0.3 is 17.0 Å². The predicted octanol–water partition coefficient (Wildman–Crippen LogP) is -3.80. The Balaban J connectivity index is 0.00000241. The zero-order valence-electron chi connectivity index (χ0n) is 19.6. The molecule has 3 atom stereocenters. The van der Waals surface area contributed by atoms with Gasteiger partial charge in [0.1, 0.15) is 17.1 Å². The van der Waals surface area contributed by atoms with Crippen LogP contribution in [-0.4, -0.2) is 89.0 Å². The van der Waals surface area contributed by atoms with Gasteiger partial charge in [0.25, 0.3) is 21.9 Å². The molecule has 0 spiro atoms. The van der Waals surface area contributed by atoms with Gasteiger partial charge in [0, 0.05) is 11.5 Å². The molecule has 3 heterocycles. The Morgan fingerprint density at radius 1 is 1.31 bits per heavy atom. The smallest absolute Gasteiger partial charge is 1.00 e. The number of aromatic nitrogens is 4. The van der Waals surface area contributed by atoms with Crippen LogP contribution in [0, 0.1) is 0 Å². The Bertz CT molecular complexity index is 1310. The molecule has 2 aromatic rings. The number of aliphatic carboxylic acids is 1. The maximum atomic E-state index is 12.8. The molecule has 4 N–H and O–H groups in total. The molecule has 14 nitrogen and oxygen atoms in total. The van der Waals surface area contributed by atoms with E-state index in [0.717, 1.165) is 21.3 Å². The molecular weight excluding hydrogens is 564 g/mol. The van der Waals surface area contributed by atoms with Crippen molar-refractivity contribution < 1.29 is 90.4 Å². The molecular formula is C18H19KN6O8S3. The van der Waals surface area contributed by atoms with Crippen LogP contribution in [0.15, 0.2) is 46.8 Å². The van der Waals surface area contributed by atoms with Crippen LogP contribution in [0.25, 0.3) is 0 Å². The molecule has 36 heavy (non-hydrogen) atoms. The fourth-order valence-corrected chi connectivity index (χ4v) is 6.43. The van der Waals surface area contributed by atoms with Crippen molar-refractivity contribution in [2.75, 3.05) is 11.5 Å². The van der Waals surface area contributed by atoms with Gasteiger partial charge in [0.2, 0.25) is 5.16 Å². The molecule has 0 radical (unpaired) electrons. The average molecular weight is 583 g/mol. The molecule has 1 fully saturated rings. The summed E-state index contributed by atoms with van der Waals surface area (Å²) in [6.07, 6.45) is -1.48. The van der Waals surface area contributed by atoms with Gasteiger partial charge in [-0.15, -0.1) is 16.9 Å². The number of carboxylic acid groups (broad SMARTS) is 1. The van der Waals surface area contributed by atoms with Gasteiger partial charge in [-0.05, 0) is 21.6 Å². The Morgan fingerprint density at radius 2 is 2.00 bits per heavy atom. The molecule has 188 valence electrons. The minimum absolute atomic E-state index is 0. The van der Waals surface area contributed by atoms with Gasteiger partial charge >= 0.3 is 57.4 Å². The second kappa shape index (κ2) is 12.0. The zero-order valence-corrected chi connectivity index (χ0v) is 24.2. The van der Waals surface area contributed by atoms with Crippen LogP contribution in [0.1, 0.15) is 13.1 Å². The van der Waals surface area contributed by atoms with E-state index in [1.165, 1.54) is 11.8 Å². The Labute approximate surface area is 256 Å². The summed E-state index contributed by atoms with van der Waals surface area (Å²) in [5.41, 5.74) is 0.480. The van der Waals surface area contributed by atoms with Gasteiger partial charge in [-0.1, -0.05) is 42.1 Å². The molecule has 1 unspecified atom stereocenters. The van der Waals surface area contributed by atoms with E-state index < -0.39 is 51.3 Å². The maximum absolute atomic E-state index is 12.8. The summed E-state index contributed by atoms with van der Waals surface area (Å²) < 4.78 is 32.0. The van der Waals surface area contributed by atoms with Crippen LogP contribution in [-0.2, 0) is 30.4 Å². The van der Waals surface area contributed by atoms with Crippen LogP contribution < -0.4 is 56.7 Å². The van der Waals surface area contributed by atoms with Crippen molar-refractivity contribution in [2.45, 2.75) is 28.6 Å². The maximum Gasteiger partial charge on any atom is 1.00 e. The third kappa shape index (κ3) is 6.37. The van der Waals surface area contributed by atoms with Crippen molar-refractivity contribution in [3.63, 3.8) is 0 Å². The van der Waals surface area contributed by atoms with E-state index in [1.54, 1.807) is 30.3 Å². The number of aliphatic hydroxyl groups is 1. The SMILES string of the molecule is O=C(O)C1=C(CSc2nnnn2CS(=O)(=O)O)CS[C@@H]2[C@H](NC(=O)C(O)c3ccccc3)C(=O)N12.[H-].[K+]. The number of hydrogen-bond donors (Lipinski definition) is 4. The van der Waals surface area contributed by atoms with Crippen molar-refractivity contribution in [3.8, 4) is 0 Å². The molecule has 4 rings (SSSR count). The number of nitrogens with one attached hydrogen (secondary N) is 1. The molecule has 0 aliphatic carbocycles. The van der Waals surface area contributed by atoms with E-state index in [0.29, 0.717) is 11.1 Å². The Hall–Kier alpha value is -1.35. The van der Waals surface area contributed by atoms with E-state index in [2.05, 4.69) is 20.8 Å². The number of benzene rings is 1. The topological polar surface area (TPSA) is 205 Å². The fourth-order valence-electron chi connectivity index (χ4n) is 3.50. The predicted molar refractivity (Wildman–Crippen MR) is 122 cm³/mol. The summed E-state index contributed by atoms with van der Waals surface area (Å²) in [6, 6.07) is 7.17. The quantitative estimate of drug-likeness (QED) is 0.0970. The zero-order chi connectivity index (χ0) is 25.3. The molecule has 2 aliphatic heterocycles. The van der Waals surface area contributed by atoms with Gasteiger partial charge in [0.15, 0.2) is 12.0 Å². The van der Waals surface area contributed by atoms with E-state index in [-0.39, 0.29) is 75.2 Å². The van der Waals surface area contributed by atoms with Crippen molar-refractivity contribution in [1.29, 1.82) is 0 Å². The summed E-state index contributed by atoms with van der Waals surface area (Å²) in [6.45, 7) is 0. The molecule has 1 aromatic heterocycles. The van der Waals surface area contributed by atoms with Crippen LogP contribution in [0.3, 0.4) is 0 Å². The molecule has 1 aromatic carbocycles. The molecule has 1 saturated heterocycles. The number of rotatable bonds is 9. The molecule has 2 aliphatic rings. The number of amides is 2. The standard InChI is InChI=1S/C18H18N6O8S3.K.H/c25-13(9-4-2-1-3-5-9)14(26)19-11-15(27)24-12(17(28)29)10(6-33-16(11)24)7-34-18-20-21-22-23(18)8-35(30,31)32;;/h1-5,11,13,16,25H,6-8H2,(H,19,26)(H,28,29)(H,30,31,32);;/q;+1;-1/t11-,13?,16-;;/m1../s1. The third-order valence-corrected chi connectivity index (χ3v) is 8.03. The average Bonchev–Trinajstić information content (AvgIpc) is 3.25. The Kier molecular flexibility index (Phi) is 9.74. The number of carboxylic acids is 1. The number of tetrazole rings is 1. The molecule has 2 amide bonds. The summed E-state index contributed by atoms with van der Waals surface area (Å²) >= 11 is 2.17. The van der Waals surface area contributed by atoms with E-state index in [1.807, 2.05) is 0 Å².